The molecule has 0 radical (unpaired) electrons. The first-order chi connectivity index (χ1) is 8.68. The Hall–Kier alpha value is -1.26. The van der Waals surface area contributed by atoms with E-state index in [-0.39, 0.29) is 18.0 Å². The molecule has 5 nitrogen and oxygen atoms in total. The smallest absolute Gasteiger partial charge is 0.320 e. The molecule has 2 aliphatic heterocycles. The number of nitrogens with zero attached hydrogens (tertiary/aromatic N) is 2. The monoisotopic (exact) mass is 252 g/mol. The van der Waals surface area contributed by atoms with Gasteiger partial charge in [-0.15, -0.1) is 0 Å². The fourth-order valence-corrected chi connectivity index (χ4v) is 3.79. The molecule has 0 bridgehead atoms. The van der Waals surface area contributed by atoms with E-state index in [1.54, 1.807) is 0 Å². The van der Waals surface area contributed by atoms with Crippen LogP contribution in [0.3, 0.4) is 0 Å². The van der Waals surface area contributed by atoms with Gasteiger partial charge in [-0.05, 0) is 32.1 Å². The molecule has 3 rings (SSSR count). The number of hydrogen-bond donors (Lipinski definition) is 1. The highest BCUT2D eigenvalue weighted by Crippen LogP contribution is 2.35. The molecule has 3 fully saturated rings. The average molecular weight is 252 g/mol. The maximum Gasteiger partial charge on any atom is 0.320 e. The Labute approximate surface area is 107 Å². The molecule has 2 saturated heterocycles. The number of urea groups is 1. The molecule has 2 heterocycles. The van der Waals surface area contributed by atoms with Crippen molar-refractivity contribution in [3.05, 3.63) is 0 Å². The van der Waals surface area contributed by atoms with E-state index in [4.69, 9.17) is 0 Å². The summed E-state index contributed by atoms with van der Waals surface area (Å²) in [6.07, 6.45) is 5.85. The predicted octanol–water partition coefficient (Wildman–Crippen LogP) is 1.53. The van der Waals surface area contributed by atoms with E-state index in [0.29, 0.717) is 12.5 Å². The van der Waals surface area contributed by atoms with Gasteiger partial charge in [0.25, 0.3) is 0 Å². The molecular formula is C13H20N2O3. The van der Waals surface area contributed by atoms with Crippen LogP contribution in [0.15, 0.2) is 0 Å². The maximum absolute atomic E-state index is 12.4. The third-order valence-corrected chi connectivity index (χ3v) is 4.72. The van der Waals surface area contributed by atoms with Crippen molar-refractivity contribution in [1.29, 1.82) is 0 Å². The van der Waals surface area contributed by atoms with Crippen molar-refractivity contribution in [3.63, 3.8) is 0 Å². The SMILES string of the molecule is O=C(O)[C@@H]1CCC[C@H]1N1C[C@@H]2CCCCN2C1=O. The van der Waals surface area contributed by atoms with Crippen LogP contribution in [0.5, 0.6) is 0 Å². The van der Waals surface area contributed by atoms with E-state index in [2.05, 4.69) is 0 Å². The van der Waals surface area contributed by atoms with Crippen LogP contribution in [-0.2, 0) is 4.79 Å². The zero-order valence-corrected chi connectivity index (χ0v) is 10.5. The lowest BCUT2D eigenvalue weighted by atomic mass is 10.0. The van der Waals surface area contributed by atoms with E-state index >= 15 is 0 Å². The van der Waals surface area contributed by atoms with E-state index in [1.165, 1.54) is 6.42 Å². The second kappa shape index (κ2) is 4.44. The zero-order valence-electron chi connectivity index (χ0n) is 10.5. The molecule has 5 heteroatoms. The highest BCUT2D eigenvalue weighted by atomic mass is 16.4. The summed E-state index contributed by atoms with van der Waals surface area (Å²) in [5, 5.41) is 9.24. The number of carbonyl (C=O) groups is 2. The molecule has 3 atom stereocenters. The summed E-state index contributed by atoms with van der Waals surface area (Å²) in [7, 11) is 0. The molecular weight excluding hydrogens is 232 g/mol. The average Bonchev–Trinajstić information content (AvgIpc) is 2.94. The minimum atomic E-state index is -0.741. The van der Waals surface area contributed by atoms with Crippen LogP contribution in [0.4, 0.5) is 4.79 Å². The maximum atomic E-state index is 12.4. The number of fused-ring (bicyclic) bond motifs is 1. The summed E-state index contributed by atoms with van der Waals surface area (Å²) in [6.45, 7) is 1.59. The number of carboxylic acids is 1. The van der Waals surface area contributed by atoms with Crippen molar-refractivity contribution < 1.29 is 14.7 Å². The van der Waals surface area contributed by atoms with Crippen LogP contribution in [-0.4, -0.2) is 52.1 Å². The Morgan fingerprint density at radius 2 is 1.94 bits per heavy atom. The normalized spacial score (nSPS) is 36.0. The van der Waals surface area contributed by atoms with Crippen LogP contribution in [0, 0.1) is 5.92 Å². The van der Waals surface area contributed by atoms with Gasteiger partial charge in [-0.2, -0.15) is 0 Å². The van der Waals surface area contributed by atoms with Gasteiger partial charge in [-0.3, -0.25) is 4.79 Å². The Bertz CT molecular complexity index is 371. The molecule has 1 saturated carbocycles. The Morgan fingerprint density at radius 3 is 2.67 bits per heavy atom. The van der Waals surface area contributed by atoms with Gasteiger partial charge in [0.2, 0.25) is 0 Å². The van der Waals surface area contributed by atoms with E-state index in [0.717, 1.165) is 38.8 Å². The molecule has 0 unspecified atom stereocenters. The standard InChI is InChI=1S/C13H20N2O3/c16-12(17)10-5-3-6-11(10)15-8-9-4-1-2-7-14(9)13(15)18/h9-11H,1-8H2,(H,16,17)/t9-,10+,11+/m0/s1. The van der Waals surface area contributed by atoms with Gasteiger partial charge in [-0.1, -0.05) is 6.42 Å². The van der Waals surface area contributed by atoms with Crippen molar-refractivity contribution >= 4 is 12.0 Å². The van der Waals surface area contributed by atoms with Gasteiger partial charge in [0.1, 0.15) is 0 Å². The minimum absolute atomic E-state index is 0.0689. The van der Waals surface area contributed by atoms with Crippen molar-refractivity contribution in [2.45, 2.75) is 50.6 Å². The van der Waals surface area contributed by atoms with Crippen LogP contribution < -0.4 is 0 Å². The van der Waals surface area contributed by atoms with Crippen molar-refractivity contribution in [3.8, 4) is 0 Å². The Kier molecular flexibility index (Phi) is 2.92. The summed E-state index contributed by atoms with van der Waals surface area (Å²) in [5.74, 6) is -1.09. The molecule has 1 N–H and O–H groups in total. The third kappa shape index (κ3) is 1.76. The fraction of sp³-hybridized carbons (Fsp3) is 0.846. The van der Waals surface area contributed by atoms with Gasteiger partial charge in [0.15, 0.2) is 0 Å². The summed E-state index contributed by atoms with van der Waals surface area (Å²) in [4.78, 5) is 27.4. The number of amides is 2. The van der Waals surface area contributed by atoms with Crippen molar-refractivity contribution in [2.24, 2.45) is 5.92 Å². The quantitative estimate of drug-likeness (QED) is 0.810. The Morgan fingerprint density at radius 1 is 1.11 bits per heavy atom. The third-order valence-electron chi connectivity index (χ3n) is 4.72. The molecule has 0 aromatic heterocycles. The number of carbonyl (C=O) groups excluding carboxylic acids is 1. The predicted molar refractivity (Wildman–Crippen MR) is 65.2 cm³/mol. The minimum Gasteiger partial charge on any atom is -0.481 e. The summed E-state index contributed by atoms with van der Waals surface area (Å²) in [6, 6.07) is 0.347. The number of piperidine rings is 1. The lowest BCUT2D eigenvalue weighted by Gasteiger charge is -2.28. The van der Waals surface area contributed by atoms with Gasteiger partial charge < -0.3 is 14.9 Å². The first kappa shape index (κ1) is 11.8. The number of carboxylic acid groups (broad SMARTS) is 1. The molecule has 0 spiro atoms. The van der Waals surface area contributed by atoms with Gasteiger partial charge in [0, 0.05) is 19.1 Å². The molecule has 2 amide bonds. The highest BCUT2D eigenvalue weighted by Gasteiger charge is 2.46. The first-order valence-electron chi connectivity index (χ1n) is 6.98. The molecule has 0 aromatic carbocycles. The number of hydrogen-bond acceptors (Lipinski definition) is 2. The molecule has 0 aromatic rings. The fourth-order valence-electron chi connectivity index (χ4n) is 3.79. The lowest BCUT2D eigenvalue weighted by Crippen LogP contribution is -2.43. The van der Waals surface area contributed by atoms with Gasteiger partial charge in [-0.25, -0.2) is 4.79 Å². The second-order valence-electron chi connectivity index (χ2n) is 5.72. The van der Waals surface area contributed by atoms with Crippen LogP contribution >= 0.6 is 0 Å². The topological polar surface area (TPSA) is 60.9 Å². The molecule has 18 heavy (non-hydrogen) atoms. The molecule has 3 aliphatic rings. The summed E-state index contributed by atoms with van der Waals surface area (Å²) in [5.41, 5.74) is 0. The summed E-state index contributed by atoms with van der Waals surface area (Å²) < 4.78 is 0. The highest BCUT2D eigenvalue weighted by molar-refractivity contribution is 5.79. The van der Waals surface area contributed by atoms with Crippen molar-refractivity contribution in [1.82, 2.24) is 9.80 Å². The number of aliphatic carboxylic acids is 1. The van der Waals surface area contributed by atoms with Gasteiger partial charge >= 0.3 is 12.0 Å². The molecule has 1 aliphatic carbocycles. The van der Waals surface area contributed by atoms with Gasteiger partial charge in [0.05, 0.1) is 12.0 Å². The van der Waals surface area contributed by atoms with E-state index in [9.17, 15) is 14.7 Å². The first-order valence-corrected chi connectivity index (χ1v) is 6.98. The van der Waals surface area contributed by atoms with Crippen LogP contribution in [0.25, 0.3) is 0 Å². The summed E-state index contributed by atoms with van der Waals surface area (Å²) >= 11 is 0. The number of rotatable bonds is 2. The van der Waals surface area contributed by atoms with Crippen LogP contribution in [0.2, 0.25) is 0 Å². The van der Waals surface area contributed by atoms with Crippen molar-refractivity contribution in [2.75, 3.05) is 13.1 Å². The second-order valence-corrected chi connectivity index (χ2v) is 5.72. The van der Waals surface area contributed by atoms with E-state index < -0.39 is 5.97 Å². The lowest BCUT2D eigenvalue weighted by molar-refractivity contribution is -0.142. The zero-order chi connectivity index (χ0) is 12.7. The molecule has 100 valence electrons. The van der Waals surface area contributed by atoms with Crippen LogP contribution in [0.1, 0.15) is 38.5 Å². The Balaban J connectivity index is 1.76. The largest absolute Gasteiger partial charge is 0.481 e. The van der Waals surface area contributed by atoms with E-state index in [1.807, 2.05) is 9.80 Å².